The van der Waals surface area contributed by atoms with Gasteiger partial charge in [-0.25, -0.2) is 0 Å². The Labute approximate surface area is 137 Å². The molecule has 118 valence electrons. The number of benzene rings is 1. The van der Waals surface area contributed by atoms with Crippen molar-refractivity contribution in [1.82, 2.24) is 10.6 Å². The molecule has 0 spiro atoms. The third-order valence-corrected chi connectivity index (χ3v) is 4.00. The van der Waals surface area contributed by atoms with Crippen LogP contribution in [-0.2, 0) is 0 Å². The molecule has 2 rings (SSSR count). The summed E-state index contributed by atoms with van der Waals surface area (Å²) in [6, 6.07) is 7.68. The van der Waals surface area contributed by atoms with E-state index in [1.54, 1.807) is 6.08 Å². The highest BCUT2D eigenvalue weighted by Crippen LogP contribution is 2.18. The van der Waals surface area contributed by atoms with Crippen molar-refractivity contribution in [3.05, 3.63) is 42.5 Å². The Kier molecular flexibility index (Phi) is 6.40. The molecule has 0 atom stereocenters. The number of nitrogens with one attached hydrogen (secondary N) is 3. The van der Waals surface area contributed by atoms with Gasteiger partial charge in [0.25, 0.3) is 5.91 Å². The number of carbonyl (C=O) groups is 1. The Morgan fingerprint density at radius 2 is 1.91 bits per heavy atom. The van der Waals surface area contributed by atoms with Gasteiger partial charge in [-0.1, -0.05) is 25.3 Å². The molecule has 3 N–H and O–H groups in total. The van der Waals surface area contributed by atoms with Gasteiger partial charge < -0.3 is 16.0 Å². The maximum atomic E-state index is 12.2. The molecule has 0 radical (unpaired) electrons. The molecular weight excluding hydrogens is 294 g/mol. The van der Waals surface area contributed by atoms with Crippen LogP contribution in [0.4, 0.5) is 5.69 Å². The Balaban J connectivity index is 1.86. The first-order valence-electron chi connectivity index (χ1n) is 7.75. The number of carbonyl (C=O) groups excluding carboxylic acids is 1. The minimum absolute atomic E-state index is 0.00538. The molecular formula is C17H23N3OS. The minimum Gasteiger partial charge on any atom is -0.359 e. The third kappa shape index (κ3) is 5.15. The van der Waals surface area contributed by atoms with Crippen LogP contribution in [0.25, 0.3) is 0 Å². The van der Waals surface area contributed by atoms with Crippen molar-refractivity contribution in [2.24, 2.45) is 0 Å². The second kappa shape index (κ2) is 8.54. The van der Waals surface area contributed by atoms with E-state index in [0.29, 0.717) is 23.3 Å². The molecule has 0 aliphatic heterocycles. The smallest absolute Gasteiger partial charge is 0.251 e. The van der Waals surface area contributed by atoms with E-state index < -0.39 is 0 Å². The summed E-state index contributed by atoms with van der Waals surface area (Å²) in [7, 11) is 0. The lowest BCUT2D eigenvalue weighted by atomic mass is 9.95. The van der Waals surface area contributed by atoms with Crippen LogP contribution in [-0.4, -0.2) is 23.6 Å². The summed E-state index contributed by atoms with van der Waals surface area (Å²) < 4.78 is 0. The van der Waals surface area contributed by atoms with Crippen LogP contribution in [0.2, 0.25) is 0 Å². The van der Waals surface area contributed by atoms with Gasteiger partial charge in [-0.3, -0.25) is 4.79 Å². The summed E-state index contributed by atoms with van der Waals surface area (Å²) in [4.78, 5) is 12.2. The molecule has 1 fully saturated rings. The molecule has 1 aliphatic rings. The lowest BCUT2D eigenvalue weighted by Crippen LogP contribution is -2.36. The zero-order valence-corrected chi connectivity index (χ0v) is 13.5. The van der Waals surface area contributed by atoms with E-state index in [9.17, 15) is 4.79 Å². The van der Waals surface area contributed by atoms with Crippen molar-refractivity contribution >= 4 is 28.9 Å². The Hall–Kier alpha value is -1.88. The standard InChI is InChI=1S/C17H23N3OS/c1-2-12-18-17(22)20-15-10-8-13(9-11-15)16(21)19-14-6-4-3-5-7-14/h2,8-11,14H,1,3-7,12H2,(H,19,21)(H2,18,20,22). The first-order chi connectivity index (χ1) is 10.7. The molecule has 0 heterocycles. The number of hydrogen-bond donors (Lipinski definition) is 3. The van der Waals surface area contributed by atoms with E-state index in [4.69, 9.17) is 12.2 Å². The van der Waals surface area contributed by atoms with Crippen molar-refractivity contribution in [2.75, 3.05) is 11.9 Å². The van der Waals surface area contributed by atoms with Crippen molar-refractivity contribution in [3.8, 4) is 0 Å². The Morgan fingerprint density at radius 3 is 2.55 bits per heavy atom. The second-order valence-corrected chi connectivity index (χ2v) is 5.92. The van der Waals surface area contributed by atoms with E-state index in [1.807, 2.05) is 24.3 Å². The van der Waals surface area contributed by atoms with Gasteiger partial charge in [0.15, 0.2) is 5.11 Å². The lowest BCUT2D eigenvalue weighted by molar-refractivity contribution is 0.0928. The van der Waals surface area contributed by atoms with E-state index in [0.717, 1.165) is 18.5 Å². The largest absolute Gasteiger partial charge is 0.359 e. The molecule has 1 aromatic carbocycles. The Morgan fingerprint density at radius 1 is 1.23 bits per heavy atom. The summed E-state index contributed by atoms with van der Waals surface area (Å²) >= 11 is 5.14. The summed E-state index contributed by atoms with van der Waals surface area (Å²) in [6.45, 7) is 4.24. The molecule has 0 saturated heterocycles. The van der Waals surface area contributed by atoms with Gasteiger partial charge in [-0.15, -0.1) is 6.58 Å². The maximum absolute atomic E-state index is 12.2. The number of hydrogen-bond acceptors (Lipinski definition) is 2. The topological polar surface area (TPSA) is 53.2 Å². The van der Waals surface area contributed by atoms with Crippen LogP contribution in [0, 0.1) is 0 Å². The van der Waals surface area contributed by atoms with Gasteiger partial charge in [0.05, 0.1) is 0 Å². The summed E-state index contributed by atoms with van der Waals surface area (Å²) in [5.74, 6) is 0.00538. The predicted molar refractivity (Wildman–Crippen MR) is 95.2 cm³/mol. The van der Waals surface area contributed by atoms with E-state index in [2.05, 4.69) is 22.5 Å². The van der Waals surface area contributed by atoms with Gasteiger partial charge in [0.2, 0.25) is 0 Å². The monoisotopic (exact) mass is 317 g/mol. The predicted octanol–water partition coefficient (Wildman–Crippen LogP) is 3.22. The fourth-order valence-electron chi connectivity index (χ4n) is 2.56. The third-order valence-electron chi connectivity index (χ3n) is 3.75. The highest BCUT2D eigenvalue weighted by molar-refractivity contribution is 7.80. The molecule has 1 aromatic rings. The normalized spacial score (nSPS) is 14.9. The molecule has 1 amide bonds. The van der Waals surface area contributed by atoms with Crippen molar-refractivity contribution in [2.45, 2.75) is 38.1 Å². The summed E-state index contributed by atoms with van der Waals surface area (Å²) in [6.07, 6.45) is 7.63. The molecule has 0 aromatic heterocycles. The first kappa shape index (κ1) is 16.5. The average molecular weight is 317 g/mol. The van der Waals surface area contributed by atoms with E-state index in [-0.39, 0.29) is 5.91 Å². The summed E-state index contributed by atoms with van der Waals surface area (Å²) in [5.41, 5.74) is 1.54. The molecule has 4 nitrogen and oxygen atoms in total. The molecule has 1 aliphatic carbocycles. The molecule has 0 unspecified atom stereocenters. The van der Waals surface area contributed by atoms with Gasteiger partial charge in [-0.2, -0.15) is 0 Å². The molecule has 22 heavy (non-hydrogen) atoms. The highest BCUT2D eigenvalue weighted by atomic mass is 32.1. The number of amides is 1. The molecule has 5 heteroatoms. The van der Waals surface area contributed by atoms with Crippen molar-refractivity contribution < 1.29 is 4.79 Å². The van der Waals surface area contributed by atoms with Crippen LogP contribution in [0.3, 0.4) is 0 Å². The highest BCUT2D eigenvalue weighted by Gasteiger charge is 2.16. The molecule has 0 bridgehead atoms. The van der Waals surface area contributed by atoms with E-state index in [1.165, 1.54) is 19.3 Å². The summed E-state index contributed by atoms with van der Waals surface area (Å²) in [5, 5.41) is 9.72. The number of rotatable bonds is 5. The quantitative estimate of drug-likeness (QED) is 0.576. The van der Waals surface area contributed by atoms with Gasteiger partial charge in [0.1, 0.15) is 0 Å². The zero-order chi connectivity index (χ0) is 15.8. The van der Waals surface area contributed by atoms with Gasteiger partial charge in [0, 0.05) is 23.8 Å². The Bertz CT molecular complexity index is 521. The fraction of sp³-hybridized carbons (Fsp3) is 0.412. The average Bonchev–Trinajstić information content (AvgIpc) is 2.54. The van der Waals surface area contributed by atoms with Gasteiger partial charge >= 0.3 is 0 Å². The zero-order valence-electron chi connectivity index (χ0n) is 12.7. The van der Waals surface area contributed by atoms with Crippen LogP contribution in [0.5, 0.6) is 0 Å². The fourth-order valence-corrected chi connectivity index (χ4v) is 2.76. The van der Waals surface area contributed by atoms with Crippen molar-refractivity contribution in [1.29, 1.82) is 0 Å². The van der Waals surface area contributed by atoms with Crippen LogP contribution in [0.1, 0.15) is 42.5 Å². The maximum Gasteiger partial charge on any atom is 0.251 e. The van der Waals surface area contributed by atoms with E-state index >= 15 is 0 Å². The van der Waals surface area contributed by atoms with Crippen LogP contribution >= 0.6 is 12.2 Å². The first-order valence-corrected chi connectivity index (χ1v) is 8.16. The van der Waals surface area contributed by atoms with Crippen LogP contribution in [0.15, 0.2) is 36.9 Å². The van der Waals surface area contributed by atoms with Gasteiger partial charge in [-0.05, 0) is 49.3 Å². The second-order valence-electron chi connectivity index (χ2n) is 5.51. The lowest BCUT2D eigenvalue weighted by Gasteiger charge is -2.22. The van der Waals surface area contributed by atoms with Crippen LogP contribution < -0.4 is 16.0 Å². The molecule has 1 saturated carbocycles. The van der Waals surface area contributed by atoms with Crippen molar-refractivity contribution in [3.63, 3.8) is 0 Å². The SMILES string of the molecule is C=CCNC(=S)Nc1ccc(C(=O)NC2CCCCC2)cc1. The minimum atomic E-state index is 0.00538. The number of anilines is 1. The number of thiocarbonyl (C=S) groups is 1.